The third kappa shape index (κ3) is 1.77. The molecule has 0 aromatic heterocycles. The van der Waals surface area contributed by atoms with Gasteiger partial charge in [-0.2, -0.15) is 0 Å². The lowest BCUT2D eigenvalue weighted by Crippen LogP contribution is -2.07. The third-order valence-electron chi connectivity index (χ3n) is 2.14. The maximum absolute atomic E-state index is 13.3. The molecule has 76 valence electrons. The second kappa shape index (κ2) is 3.52. The molecule has 0 spiro atoms. The molecule has 1 fully saturated rings. The molecule has 3 N–H and O–H groups in total. The molecule has 1 aromatic rings. The SMILES string of the molecule is Nc1c(NC2CC2)cc(F)c(I)c1F. The summed E-state index contributed by atoms with van der Waals surface area (Å²) in [5, 5.41) is 2.98. The molecule has 2 nitrogen and oxygen atoms in total. The van der Waals surface area contributed by atoms with Crippen molar-refractivity contribution in [2.45, 2.75) is 18.9 Å². The minimum atomic E-state index is -0.672. The first kappa shape index (κ1) is 9.95. The number of hydrogen-bond donors (Lipinski definition) is 2. The fourth-order valence-corrected chi connectivity index (χ4v) is 1.62. The highest BCUT2D eigenvalue weighted by atomic mass is 127. The summed E-state index contributed by atoms with van der Waals surface area (Å²) in [7, 11) is 0. The van der Waals surface area contributed by atoms with Gasteiger partial charge in [-0.3, -0.25) is 0 Å². The van der Waals surface area contributed by atoms with Gasteiger partial charge in [0.2, 0.25) is 0 Å². The van der Waals surface area contributed by atoms with E-state index >= 15 is 0 Å². The number of nitrogen functional groups attached to an aromatic ring is 1. The van der Waals surface area contributed by atoms with E-state index in [-0.39, 0.29) is 9.26 Å². The quantitative estimate of drug-likeness (QED) is 0.501. The van der Waals surface area contributed by atoms with E-state index in [4.69, 9.17) is 5.73 Å². The Bertz CT molecular complexity index is 378. The fraction of sp³-hybridized carbons (Fsp3) is 0.333. The minimum absolute atomic E-state index is 0.00250. The van der Waals surface area contributed by atoms with Crippen molar-refractivity contribution in [3.8, 4) is 0 Å². The average molecular weight is 310 g/mol. The smallest absolute Gasteiger partial charge is 0.164 e. The van der Waals surface area contributed by atoms with Crippen molar-refractivity contribution >= 4 is 34.0 Å². The van der Waals surface area contributed by atoms with Gasteiger partial charge in [0.05, 0.1) is 14.9 Å². The van der Waals surface area contributed by atoms with Crippen molar-refractivity contribution in [1.82, 2.24) is 0 Å². The van der Waals surface area contributed by atoms with Gasteiger partial charge in [-0.15, -0.1) is 0 Å². The lowest BCUT2D eigenvalue weighted by atomic mass is 10.2. The Hall–Kier alpha value is -0.590. The van der Waals surface area contributed by atoms with Gasteiger partial charge in [-0.1, -0.05) is 0 Å². The Labute approximate surface area is 94.0 Å². The van der Waals surface area contributed by atoms with Crippen molar-refractivity contribution < 1.29 is 8.78 Å². The highest BCUT2D eigenvalue weighted by molar-refractivity contribution is 14.1. The molecule has 1 aromatic carbocycles. The van der Waals surface area contributed by atoms with E-state index in [2.05, 4.69) is 5.32 Å². The number of benzene rings is 1. The van der Waals surface area contributed by atoms with Gasteiger partial charge in [-0.05, 0) is 35.4 Å². The maximum Gasteiger partial charge on any atom is 0.164 e. The summed E-state index contributed by atoms with van der Waals surface area (Å²) in [5.41, 5.74) is 5.89. The first-order valence-electron chi connectivity index (χ1n) is 4.29. The molecule has 14 heavy (non-hydrogen) atoms. The van der Waals surface area contributed by atoms with E-state index in [1.165, 1.54) is 6.07 Å². The predicted molar refractivity (Wildman–Crippen MR) is 60.1 cm³/mol. The van der Waals surface area contributed by atoms with E-state index in [1.807, 2.05) is 0 Å². The van der Waals surface area contributed by atoms with Gasteiger partial charge in [0, 0.05) is 12.1 Å². The van der Waals surface area contributed by atoms with E-state index in [0.29, 0.717) is 11.7 Å². The average Bonchev–Trinajstić information content (AvgIpc) is 2.94. The van der Waals surface area contributed by atoms with Crippen LogP contribution in [0.5, 0.6) is 0 Å². The Morgan fingerprint density at radius 1 is 1.43 bits per heavy atom. The molecular weight excluding hydrogens is 301 g/mol. The van der Waals surface area contributed by atoms with Crippen LogP contribution in [0, 0.1) is 15.2 Å². The van der Waals surface area contributed by atoms with Crippen LogP contribution in [0.3, 0.4) is 0 Å². The van der Waals surface area contributed by atoms with Crippen molar-refractivity contribution in [2.24, 2.45) is 0 Å². The van der Waals surface area contributed by atoms with Crippen molar-refractivity contribution in [1.29, 1.82) is 0 Å². The van der Waals surface area contributed by atoms with Gasteiger partial charge in [0.1, 0.15) is 5.82 Å². The summed E-state index contributed by atoms with van der Waals surface area (Å²) < 4.78 is 26.4. The first-order valence-corrected chi connectivity index (χ1v) is 5.37. The first-order chi connectivity index (χ1) is 6.59. The van der Waals surface area contributed by atoms with Gasteiger partial charge in [0.25, 0.3) is 0 Å². The second-order valence-corrected chi connectivity index (χ2v) is 4.44. The van der Waals surface area contributed by atoms with Crippen LogP contribution in [-0.4, -0.2) is 6.04 Å². The molecule has 1 saturated carbocycles. The topological polar surface area (TPSA) is 38.0 Å². The van der Waals surface area contributed by atoms with Crippen LogP contribution in [0.2, 0.25) is 0 Å². The molecular formula is C9H9F2IN2. The molecule has 1 aliphatic carbocycles. The van der Waals surface area contributed by atoms with Crippen LogP contribution >= 0.6 is 22.6 Å². The van der Waals surface area contributed by atoms with Gasteiger partial charge >= 0.3 is 0 Å². The number of nitrogens with one attached hydrogen (secondary N) is 1. The van der Waals surface area contributed by atoms with Gasteiger partial charge < -0.3 is 11.1 Å². The van der Waals surface area contributed by atoms with Crippen LogP contribution in [-0.2, 0) is 0 Å². The normalized spacial score (nSPS) is 15.6. The fourth-order valence-electron chi connectivity index (χ4n) is 1.18. The number of rotatable bonds is 2. The van der Waals surface area contributed by atoms with Gasteiger partial charge in [0.15, 0.2) is 5.82 Å². The van der Waals surface area contributed by atoms with Crippen LogP contribution in [0.4, 0.5) is 20.2 Å². The highest BCUT2D eigenvalue weighted by Gasteiger charge is 2.23. The number of hydrogen-bond acceptors (Lipinski definition) is 2. The van der Waals surface area contributed by atoms with Crippen LogP contribution in [0.15, 0.2) is 6.07 Å². The molecule has 0 aliphatic heterocycles. The molecule has 2 rings (SSSR count). The molecule has 0 radical (unpaired) electrons. The summed E-state index contributed by atoms with van der Waals surface area (Å²) in [6, 6.07) is 1.58. The molecule has 0 amide bonds. The minimum Gasteiger partial charge on any atom is -0.395 e. The maximum atomic E-state index is 13.3. The van der Waals surface area contributed by atoms with Crippen LogP contribution < -0.4 is 11.1 Å². The Kier molecular flexibility index (Phi) is 2.50. The van der Waals surface area contributed by atoms with E-state index in [1.54, 1.807) is 22.6 Å². The molecule has 0 unspecified atom stereocenters. The van der Waals surface area contributed by atoms with E-state index < -0.39 is 11.6 Å². The monoisotopic (exact) mass is 310 g/mol. The summed E-state index contributed by atoms with van der Waals surface area (Å²) in [5.74, 6) is -1.24. The number of halogens is 3. The van der Waals surface area contributed by atoms with Crippen molar-refractivity contribution in [3.63, 3.8) is 0 Å². The summed E-state index contributed by atoms with van der Waals surface area (Å²) in [6.45, 7) is 0. The predicted octanol–water partition coefficient (Wildman–Crippen LogP) is 2.73. The number of anilines is 2. The molecule has 1 aliphatic rings. The van der Waals surface area contributed by atoms with E-state index in [9.17, 15) is 8.78 Å². The molecule has 0 bridgehead atoms. The Morgan fingerprint density at radius 3 is 2.64 bits per heavy atom. The van der Waals surface area contributed by atoms with Crippen molar-refractivity contribution in [3.05, 3.63) is 21.3 Å². The molecule has 0 heterocycles. The lowest BCUT2D eigenvalue weighted by Gasteiger charge is -2.10. The number of nitrogens with two attached hydrogens (primary N) is 1. The molecule has 5 heteroatoms. The van der Waals surface area contributed by atoms with Crippen LogP contribution in [0.25, 0.3) is 0 Å². The zero-order chi connectivity index (χ0) is 10.3. The summed E-state index contributed by atoms with van der Waals surface area (Å²) in [4.78, 5) is 0. The zero-order valence-electron chi connectivity index (χ0n) is 7.28. The van der Waals surface area contributed by atoms with Crippen LogP contribution in [0.1, 0.15) is 12.8 Å². The molecule has 0 saturated heterocycles. The summed E-state index contributed by atoms with van der Waals surface area (Å²) in [6.07, 6.45) is 2.07. The lowest BCUT2D eigenvalue weighted by molar-refractivity contribution is 0.574. The van der Waals surface area contributed by atoms with E-state index in [0.717, 1.165) is 12.8 Å². The highest BCUT2D eigenvalue weighted by Crippen LogP contribution is 2.32. The third-order valence-corrected chi connectivity index (χ3v) is 3.13. The summed E-state index contributed by atoms with van der Waals surface area (Å²) >= 11 is 1.60. The largest absolute Gasteiger partial charge is 0.395 e. The standard InChI is InChI=1S/C9H9F2IN2/c10-5-3-6(14-4-1-2-4)9(13)7(11)8(5)12/h3-4,14H,1-2,13H2. The zero-order valence-corrected chi connectivity index (χ0v) is 9.44. The second-order valence-electron chi connectivity index (χ2n) is 3.37. The molecule has 0 atom stereocenters. The van der Waals surface area contributed by atoms with Gasteiger partial charge in [-0.25, -0.2) is 8.78 Å². The Balaban J connectivity index is 2.38. The van der Waals surface area contributed by atoms with Crippen molar-refractivity contribution in [2.75, 3.05) is 11.1 Å². The Morgan fingerprint density at radius 2 is 2.07 bits per heavy atom.